The van der Waals surface area contributed by atoms with Crippen LogP contribution in [0.1, 0.15) is 74.5 Å². The maximum Gasteiger partial charge on any atom is 0.407 e. The van der Waals surface area contributed by atoms with Crippen LogP contribution >= 0.6 is 0 Å². The molecule has 65 heavy (non-hydrogen) atoms. The minimum atomic E-state index is -0.955. The van der Waals surface area contributed by atoms with Crippen molar-refractivity contribution in [3.8, 4) is 28.1 Å². The van der Waals surface area contributed by atoms with E-state index in [0.717, 1.165) is 61.9 Å². The number of nitrogens with one attached hydrogen (secondary N) is 4. The van der Waals surface area contributed by atoms with Crippen molar-refractivity contribution >= 4 is 45.8 Å². The largest absolute Gasteiger partial charge is 0.488 e. The molecule has 16 heteroatoms. The molecule has 2 fully saturated rings. The number of carbonyl (C=O) groups is 4. The number of carbonyl (C=O) groups excluding carboxylic acids is 4. The minimum absolute atomic E-state index is 0.0581. The topological polar surface area (TPSA) is 193 Å². The van der Waals surface area contributed by atoms with Crippen molar-refractivity contribution in [2.24, 2.45) is 17.8 Å². The van der Waals surface area contributed by atoms with Crippen LogP contribution in [0.15, 0.2) is 79.0 Å². The summed E-state index contributed by atoms with van der Waals surface area (Å²) in [6.07, 6.45) is 1.85. The molecular formula is C49H54N8O8. The summed E-state index contributed by atoms with van der Waals surface area (Å²) in [5, 5.41) is 7.41. The lowest BCUT2D eigenvalue weighted by atomic mass is 9.92. The first-order chi connectivity index (χ1) is 31.4. The van der Waals surface area contributed by atoms with Crippen molar-refractivity contribution in [3.05, 3.63) is 102 Å². The van der Waals surface area contributed by atoms with Gasteiger partial charge in [-0.15, -0.1) is 0 Å². The van der Waals surface area contributed by atoms with Gasteiger partial charge in [-0.3, -0.25) is 9.59 Å². The maximum absolute atomic E-state index is 14.4. The molecule has 2 aromatic heterocycles. The number of benzene rings is 4. The first-order valence-electron chi connectivity index (χ1n) is 22.1. The fraction of sp³-hybridized carbons (Fsp3) is 0.388. The van der Waals surface area contributed by atoms with Gasteiger partial charge in [-0.1, -0.05) is 69.3 Å². The van der Waals surface area contributed by atoms with Crippen LogP contribution in [0.5, 0.6) is 5.75 Å². The maximum atomic E-state index is 14.4. The summed E-state index contributed by atoms with van der Waals surface area (Å²) in [5.74, 6) is 1.87. The molecule has 4 N–H and O–H groups in total. The van der Waals surface area contributed by atoms with E-state index in [1.54, 1.807) is 12.0 Å². The Labute approximate surface area is 376 Å². The van der Waals surface area contributed by atoms with Crippen LogP contribution in [0.25, 0.3) is 44.2 Å². The summed E-state index contributed by atoms with van der Waals surface area (Å²) < 4.78 is 21.7. The number of rotatable bonds is 11. The summed E-state index contributed by atoms with van der Waals surface area (Å²) >= 11 is 0. The number of methoxy groups -OCH3 is 3. The Hall–Kier alpha value is -6.94. The fourth-order valence-electron chi connectivity index (χ4n) is 9.78. The highest BCUT2D eigenvalue weighted by atomic mass is 16.5. The molecule has 4 aromatic carbocycles. The molecule has 338 valence electrons. The van der Waals surface area contributed by atoms with Crippen LogP contribution in [0.3, 0.4) is 0 Å². The minimum Gasteiger partial charge on any atom is -0.488 e. The molecule has 1 unspecified atom stereocenters. The quantitative estimate of drug-likeness (QED) is 0.101. The zero-order chi connectivity index (χ0) is 45.5. The molecule has 6 atom stereocenters. The summed E-state index contributed by atoms with van der Waals surface area (Å²) in [6, 6.07) is 21.4. The second-order valence-corrected chi connectivity index (χ2v) is 17.7. The van der Waals surface area contributed by atoms with Crippen molar-refractivity contribution in [1.29, 1.82) is 0 Å². The lowest BCUT2D eigenvalue weighted by molar-refractivity contribution is -0.136. The molecule has 4 amide bonds. The van der Waals surface area contributed by atoms with E-state index in [0.29, 0.717) is 49.9 Å². The number of H-pyrrole nitrogens is 2. The number of hydrogen-bond donors (Lipinski definition) is 4. The Balaban J connectivity index is 0.981. The van der Waals surface area contributed by atoms with Crippen molar-refractivity contribution < 1.29 is 38.1 Å². The summed E-state index contributed by atoms with van der Waals surface area (Å²) in [6.45, 7) is 7.75. The molecule has 2 saturated heterocycles. The molecule has 0 saturated carbocycles. The van der Waals surface area contributed by atoms with E-state index in [9.17, 15) is 19.2 Å². The van der Waals surface area contributed by atoms with Gasteiger partial charge in [-0.05, 0) is 76.6 Å². The second kappa shape index (κ2) is 17.9. The normalized spacial score (nSPS) is 20.0. The van der Waals surface area contributed by atoms with E-state index in [4.69, 9.17) is 28.9 Å². The molecule has 9 rings (SSSR count). The first-order valence-corrected chi connectivity index (χ1v) is 22.1. The van der Waals surface area contributed by atoms with Gasteiger partial charge in [0.15, 0.2) is 0 Å². The molecule has 0 spiro atoms. The SMILES string of the molecule is COCC1C[C@@H](c2nc3ccc4cc5c(cc4c3[nH]2)OCc2cc(-c3cnc([C@@H]4C[C@H](C)CN4C(=O)[C@@H](NC(=O)OC)C(C)C)[nH]3)ccc2-5)N(C(=O)[C@H](NC(=O)OC)c2ccccc2)C1. The highest BCUT2D eigenvalue weighted by molar-refractivity contribution is 6.07. The van der Waals surface area contributed by atoms with Gasteiger partial charge in [0, 0.05) is 37.1 Å². The van der Waals surface area contributed by atoms with Gasteiger partial charge in [-0.2, -0.15) is 0 Å². The molecule has 6 aromatic rings. The number of imidazole rings is 2. The predicted octanol–water partition coefficient (Wildman–Crippen LogP) is 7.59. The third-order valence-electron chi connectivity index (χ3n) is 13.0. The van der Waals surface area contributed by atoms with Crippen LogP contribution in [0, 0.1) is 17.8 Å². The summed E-state index contributed by atoms with van der Waals surface area (Å²) in [4.78, 5) is 73.4. The Kier molecular flexibility index (Phi) is 11.9. The molecule has 5 heterocycles. The average molecular weight is 883 g/mol. The van der Waals surface area contributed by atoms with Crippen molar-refractivity contribution in [1.82, 2.24) is 40.4 Å². The smallest absolute Gasteiger partial charge is 0.407 e. The van der Waals surface area contributed by atoms with E-state index in [1.807, 2.05) is 61.3 Å². The van der Waals surface area contributed by atoms with Crippen molar-refractivity contribution in [3.63, 3.8) is 0 Å². The first kappa shape index (κ1) is 43.3. The number of aromatic nitrogens is 4. The molecule has 0 radical (unpaired) electrons. The zero-order valence-electron chi connectivity index (χ0n) is 37.3. The van der Waals surface area contributed by atoms with Crippen molar-refractivity contribution in [2.45, 2.75) is 64.4 Å². The Bertz CT molecular complexity index is 2770. The van der Waals surface area contributed by atoms with Crippen LogP contribution < -0.4 is 15.4 Å². The van der Waals surface area contributed by atoms with Crippen LogP contribution in [0.4, 0.5) is 9.59 Å². The van der Waals surface area contributed by atoms with Gasteiger partial charge in [0.05, 0.1) is 55.8 Å². The van der Waals surface area contributed by atoms with E-state index in [-0.39, 0.29) is 35.6 Å². The number of hydrogen-bond acceptors (Lipinski definition) is 10. The molecule has 0 bridgehead atoms. The van der Waals surface area contributed by atoms with Gasteiger partial charge in [0.1, 0.15) is 36.1 Å². The van der Waals surface area contributed by atoms with Crippen LogP contribution in [-0.2, 0) is 30.4 Å². The average Bonchev–Trinajstić information content (AvgIpc) is 4.15. The van der Waals surface area contributed by atoms with E-state index < -0.39 is 30.3 Å². The van der Waals surface area contributed by atoms with Crippen LogP contribution in [0.2, 0.25) is 0 Å². The molecule has 3 aliphatic rings. The highest BCUT2D eigenvalue weighted by Crippen LogP contribution is 2.44. The molecule has 3 aliphatic heterocycles. The van der Waals surface area contributed by atoms with E-state index >= 15 is 0 Å². The van der Waals surface area contributed by atoms with Gasteiger partial charge in [0.25, 0.3) is 5.91 Å². The van der Waals surface area contributed by atoms with E-state index in [2.05, 4.69) is 63.9 Å². The summed E-state index contributed by atoms with van der Waals surface area (Å²) in [7, 11) is 4.22. The lowest BCUT2D eigenvalue weighted by Gasteiger charge is -2.30. The van der Waals surface area contributed by atoms with Crippen LogP contribution in [-0.4, -0.2) is 101 Å². The number of aromatic amines is 2. The predicted molar refractivity (Wildman–Crippen MR) is 243 cm³/mol. The number of likely N-dealkylation sites (tertiary alicyclic amines) is 2. The number of alkyl carbamates (subject to hydrolysis) is 2. The fourth-order valence-corrected chi connectivity index (χ4v) is 9.78. The van der Waals surface area contributed by atoms with Gasteiger partial charge >= 0.3 is 12.2 Å². The van der Waals surface area contributed by atoms with Gasteiger partial charge < -0.3 is 49.3 Å². The number of nitrogens with zero attached hydrogens (tertiary/aromatic N) is 4. The monoisotopic (exact) mass is 882 g/mol. The Morgan fingerprint density at radius 1 is 0.831 bits per heavy atom. The Morgan fingerprint density at radius 2 is 1.58 bits per heavy atom. The molecule has 16 nitrogen and oxygen atoms in total. The summed E-state index contributed by atoms with van der Waals surface area (Å²) in [5.41, 5.74) is 7.10. The molecule has 0 aliphatic carbocycles. The standard InChI is InChI=1S/C49H54N8O8/c1-26(2)41(54-48(60)63-5)46(58)56-22-27(3)16-38(56)44-50-21-37(52-44)31-12-14-33-32(18-31)25-65-40-20-34-30(19-35(33)40)13-15-36-43(34)53-45(51-36)39-17-28(24-62-4)23-57(39)47(59)42(55-49(61)64-6)29-10-8-7-9-11-29/h7-15,18-21,26-28,38-39,41-42H,16-17,22-25H2,1-6H3,(H,50,52)(H,51,53)(H,54,60)(H,55,61)/t27-,28?,38-,39-,41-,42+/m0/s1. The second-order valence-electron chi connectivity index (χ2n) is 17.7. The number of fused-ring (bicyclic) bond motifs is 6. The number of amides is 4. The highest BCUT2D eigenvalue weighted by Gasteiger charge is 2.42. The Morgan fingerprint density at radius 3 is 2.34 bits per heavy atom. The van der Waals surface area contributed by atoms with Gasteiger partial charge in [0.2, 0.25) is 5.91 Å². The third-order valence-corrected chi connectivity index (χ3v) is 13.0. The lowest BCUT2D eigenvalue weighted by Crippen LogP contribution is -2.51. The zero-order valence-corrected chi connectivity index (χ0v) is 37.3. The van der Waals surface area contributed by atoms with Crippen molar-refractivity contribution in [2.75, 3.05) is 41.0 Å². The number of ether oxygens (including phenoxy) is 4. The van der Waals surface area contributed by atoms with Gasteiger partial charge in [-0.25, -0.2) is 19.6 Å². The van der Waals surface area contributed by atoms with E-state index in [1.165, 1.54) is 14.2 Å². The third kappa shape index (κ3) is 8.34. The molecular weight excluding hydrogens is 829 g/mol.